The van der Waals surface area contributed by atoms with Crippen LogP contribution in [0, 0.1) is 18.8 Å². The topological polar surface area (TPSA) is 58.3 Å². The molecule has 2 aliphatic heterocycles. The molecule has 6 nitrogen and oxygen atoms in total. The van der Waals surface area contributed by atoms with Gasteiger partial charge in [0.05, 0.1) is 0 Å². The molecule has 0 aliphatic carbocycles. The fourth-order valence-electron chi connectivity index (χ4n) is 3.65. The Hall–Kier alpha value is -0.860. The van der Waals surface area contributed by atoms with Gasteiger partial charge < -0.3 is 14.8 Å². The van der Waals surface area contributed by atoms with Gasteiger partial charge in [0.25, 0.3) is 0 Å². The number of halogens is 1. The molecule has 0 aromatic carbocycles. The van der Waals surface area contributed by atoms with Crippen LogP contribution in [-0.4, -0.2) is 52.3 Å². The third-order valence-electron chi connectivity index (χ3n) is 4.95. The summed E-state index contributed by atoms with van der Waals surface area (Å²) in [7, 11) is 1.89. The number of nitrogens with one attached hydrogen (secondary N) is 1. The van der Waals surface area contributed by atoms with Gasteiger partial charge in [-0.15, -0.1) is 34.2 Å². The van der Waals surface area contributed by atoms with E-state index in [1.807, 2.05) is 14.0 Å². The van der Waals surface area contributed by atoms with Gasteiger partial charge in [-0.1, -0.05) is 6.92 Å². The summed E-state index contributed by atoms with van der Waals surface area (Å²) in [5.41, 5.74) is 0. The van der Waals surface area contributed by atoms with Gasteiger partial charge in [0.1, 0.15) is 11.6 Å². The first-order chi connectivity index (χ1) is 10.7. The largest absolute Gasteiger partial charge is 0.356 e. The molecule has 2 aliphatic rings. The molecule has 2 unspecified atom stereocenters. The number of hydrogen-bond acceptors (Lipinski definition) is 3. The highest BCUT2D eigenvalue weighted by Crippen LogP contribution is 2.20. The van der Waals surface area contributed by atoms with Crippen LogP contribution in [0.3, 0.4) is 0 Å². The molecule has 0 saturated carbocycles. The van der Waals surface area contributed by atoms with Gasteiger partial charge in [-0.3, -0.25) is 4.99 Å². The summed E-state index contributed by atoms with van der Waals surface area (Å²) in [5, 5.41) is 12.0. The molecule has 1 saturated heterocycles. The normalized spacial score (nSPS) is 24.8. The molecule has 1 fully saturated rings. The Morgan fingerprint density at radius 1 is 1.30 bits per heavy atom. The maximum absolute atomic E-state index is 4.48. The van der Waals surface area contributed by atoms with E-state index in [0.29, 0.717) is 5.92 Å². The van der Waals surface area contributed by atoms with E-state index in [9.17, 15) is 0 Å². The Kier molecular flexibility index (Phi) is 6.67. The minimum absolute atomic E-state index is 0. The number of likely N-dealkylation sites (tertiary alicyclic amines) is 1. The van der Waals surface area contributed by atoms with Crippen LogP contribution in [0.1, 0.15) is 37.8 Å². The second kappa shape index (κ2) is 8.30. The van der Waals surface area contributed by atoms with Crippen LogP contribution in [-0.2, 0) is 13.0 Å². The summed E-state index contributed by atoms with van der Waals surface area (Å²) in [5.74, 6) is 4.64. The van der Waals surface area contributed by atoms with E-state index >= 15 is 0 Å². The van der Waals surface area contributed by atoms with E-state index in [4.69, 9.17) is 0 Å². The lowest BCUT2D eigenvalue weighted by molar-refractivity contribution is 0.262. The molecule has 1 N–H and O–H groups in total. The molecular weight excluding hydrogens is 403 g/mol. The molecule has 3 heterocycles. The van der Waals surface area contributed by atoms with E-state index in [2.05, 4.69) is 36.9 Å². The van der Waals surface area contributed by atoms with Crippen LogP contribution in [0.15, 0.2) is 4.99 Å². The van der Waals surface area contributed by atoms with Crippen molar-refractivity contribution >= 4 is 29.9 Å². The van der Waals surface area contributed by atoms with Crippen LogP contribution in [0.4, 0.5) is 0 Å². The van der Waals surface area contributed by atoms with Gasteiger partial charge in [-0.2, -0.15) is 0 Å². The molecule has 0 amide bonds. The van der Waals surface area contributed by atoms with Crippen LogP contribution >= 0.6 is 24.0 Å². The minimum atomic E-state index is 0. The number of fused-ring (bicyclic) bond motifs is 1. The number of aromatic nitrogens is 3. The van der Waals surface area contributed by atoms with Crippen molar-refractivity contribution in [2.24, 2.45) is 16.8 Å². The highest BCUT2D eigenvalue weighted by atomic mass is 127. The maximum atomic E-state index is 4.48. The first-order valence-corrected chi connectivity index (χ1v) is 8.51. The molecule has 0 spiro atoms. The first-order valence-electron chi connectivity index (χ1n) is 8.51. The van der Waals surface area contributed by atoms with Crippen molar-refractivity contribution < 1.29 is 0 Å². The average Bonchev–Trinajstić information content (AvgIpc) is 2.89. The molecular formula is C16H29IN6. The maximum Gasteiger partial charge on any atom is 0.193 e. The Bertz CT molecular complexity index is 541. The molecule has 1 aromatic rings. The predicted molar refractivity (Wildman–Crippen MR) is 103 cm³/mol. The minimum Gasteiger partial charge on any atom is -0.356 e. The molecule has 0 bridgehead atoms. The van der Waals surface area contributed by atoms with Gasteiger partial charge in [-0.25, -0.2) is 0 Å². The van der Waals surface area contributed by atoms with Crippen molar-refractivity contribution in [3.05, 3.63) is 11.6 Å². The van der Waals surface area contributed by atoms with Crippen molar-refractivity contribution in [3.63, 3.8) is 0 Å². The first kappa shape index (κ1) is 18.5. The number of guanidine groups is 1. The monoisotopic (exact) mass is 432 g/mol. The quantitative estimate of drug-likeness (QED) is 0.442. The average molecular weight is 432 g/mol. The van der Waals surface area contributed by atoms with Crippen molar-refractivity contribution in [3.8, 4) is 0 Å². The zero-order valence-electron chi connectivity index (χ0n) is 14.5. The van der Waals surface area contributed by atoms with E-state index in [-0.39, 0.29) is 24.0 Å². The van der Waals surface area contributed by atoms with Gasteiger partial charge in [0.15, 0.2) is 5.96 Å². The van der Waals surface area contributed by atoms with E-state index in [1.165, 1.54) is 19.3 Å². The second-order valence-electron chi connectivity index (χ2n) is 6.80. The van der Waals surface area contributed by atoms with E-state index in [1.54, 1.807) is 0 Å². The Morgan fingerprint density at radius 2 is 2.13 bits per heavy atom. The highest BCUT2D eigenvalue weighted by Gasteiger charge is 2.23. The smallest absolute Gasteiger partial charge is 0.193 e. The number of piperidine rings is 1. The van der Waals surface area contributed by atoms with Crippen LogP contribution in [0.5, 0.6) is 0 Å². The molecule has 23 heavy (non-hydrogen) atoms. The third kappa shape index (κ3) is 4.36. The van der Waals surface area contributed by atoms with Gasteiger partial charge >= 0.3 is 0 Å². The molecule has 0 radical (unpaired) electrons. The molecule has 7 heteroatoms. The summed E-state index contributed by atoms with van der Waals surface area (Å²) < 4.78 is 2.27. The Labute approximate surface area is 156 Å². The molecule has 1 aromatic heterocycles. The third-order valence-corrected chi connectivity index (χ3v) is 4.95. The number of aryl methyl sites for hydroxylation is 2. The lowest BCUT2D eigenvalue weighted by Gasteiger charge is -2.34. The summed E-state index contributed by atoms with van der Waals surface area (Å²) in [6.07, 6.45) is 4.82. The SMILES string of the molecule is CN=C(NCC1CCc2nnc(C)n2C1)N1CCCC(C)C1.I. The van der Waals surface area contributed by atoms with Gasteiger partial charge in [0, 0.05) is 39.6 Å². The van der Waals surface area contributed by atoms with Crippen LogP contribution < -0.4 is 5.32 Å². The lowest BCUT2D eigenvalue weighted by Crippen LogP contribution is -2.47. The van der Waals surface area contributed by atoms with Crippen LogP contribution in [0.25, 0.3) is 0 Å². The molecule has 2 atom stereocenters. The zero-order chi connectivity index (χ0) is 15.5. The molecule has 130 valence electrons. The van der Waals surface area contributed by atoms with Crippen molar-refractivity contribution in [2.45, 2.75) is 46.1 Å². The van der Waals surface area contributed by atoms with Gasteiger partial charge in [-0.05, 0) is 38.0 Å². The predicted octanol–water partition coefficient (Wildman–Crippen LogP) is 2.07. The van der Waals surface area contributed by atoms with E-state index < -0.39 is 0 Å². The number of aliphatic imine (C=N–C) groups is 1. The summed E-state index contributed by atoms with van der Waals surface area (Å²) in [4.78, 5) is 6.89. The Morgan fingerprint density at radius 3 is 2.87 bits per heavy atom. The second-order valence-corrected chi connectivity index (χ2v) is 6.80. The van der Waals surface area contributed by atoms with Gasteiger partial charge in [0.2, 0.25) is 0 Å². The number of nitrogens with zero attached hydrogens (tertiary/aromatic N) is 5. The standard InChI is InChI=1S/C16H28N6.HI/c1-12-5-4-8-21(10-12)16(17-3)18-9-14-6-7-15-20-19-13(2)22(15)11-14;/h12,14H,4-11H2,1-3H3,(H,17,18);1H. The summed E-state index contributed by atoms with van der Waals surface area (Å²) in [6.45, 7) is 8.63. The molecule has 3 rings (SSSR count). The fraction of sp³-hybridized carbons (Fsp3) is 0.812. The van der Waals surface area contributed by atoms with Crippen molar-refractivity contribution in [1.82, 2.24) is 25.0 Å². The Balaban J connectivity index is 0.00000192. The number of rotatable bonds is 2. The van der Waals surface area contributed by atoms with Crippen molar-refractivity contribution in [1.29, 1.82) is 0 Å². The van der Waals surface area contributed by atoms with Crippen LogP contribution in [0.2, 0.25) is 0 Å². The van der Waals surface area contributed by atoms with Crippen molar-refractivity contribution in [2.75, 3.05) is 26.7 Å². The summed E-state index contributed by atoms with van der Waals surface area (Å²) >= 11 is 0. The summed E-state index contributed by atoms with van der Waals surface area (Å²) in [6, 6.07) is 0. The zero-order valence-corrected chi connectivity index (χ0v) is 16.8. The fourth-order valence-corrected chi connectivity index (χ4v) is 3.65. The highest BCUT2D eigenvalue weighted by molar-refractivity contribution is 14.0. The number of hydrogen-bond donors (Lipinski definition) is 1. The lowest BCUT2D eigenvalue weighted by atomic mass is 9.99. The van der Waals surface area contributed by atoms with E-state index in [0.717, 1.165) is 56.1 Å².